The van der Waals surface area contributed by atoms with Crippen LogP contribution in [0.15, 0.2) is 42.7 Å². The van der Waals surface area contributed by atoms with E-state index >= 15 is 0 Å². The number of carbonyl (C=O) groups excluding carboxylic acids is 1. The van der Waals surface area contributed by atoms with Crippen LogP contribution in [-0.4, -0.2) is 17.9 Å². The van der Waals surface area contributed by atoms with Gasteiger partial charge in [-0.1, -0.05) is 6.07 Å². The fraction of sp³-hybridized carbons (Fsp3) is 0.143. The van der Waals surface area contributed by atoms with Crippen LogP contribution in [0.1, 0.15) is 17.3 Å². The molecule has 0 aliphatic carbocycles. The Morgan fingerprint density at radius 1 is 1.29 bits per heavy atom. The van der Waals surface area contributed by atoms with Crippen molar-refractivity contribution < 1.29 is 9.53 Å². The van der Waals surface area contributed by atoms with E-state index in [0.29, 0.717) is 11.3 Å². The van der Waals surface area contributed by atoms with Crippen molar-refractivity contribution in [2.24, 2.45) is 0 Å². The Morgan fingerprint density at radius 3 is 2.71 bits per heavy atom. The minimum Gasteiger partial charge on any atom is -0.497 e. The summed E-state index contributed by atoms with van der Waals surface area (Å²) in [5.74, 6) is 0.700. The minimum absolute atomic E-state index is 0.0164. The second-order valence-corrected chi connectivity index (χ2v) is 3.71. The molecule has 0 radical (unpaired) electrons. The van der Waals surface area contributed by atoms with Crippen LogP contribution in [0.2, 0.25) is 0 Å². The summed E-state index contributed by atoms with van der Waals surface area (Å²) >= 11 is 0. The fourth-order valence-corrected chi connectivity index (χ4v) is 1.72. The van der Waals surface area contributed by atoms with Gasteiger partial charge in [-0.15, -0.1) is 0 Å². The standard InChI is InChI=1S/C14H13NO2/c1-10(16)14-8-12(17-2)5-6-13(14)11-4-3-7-15-9-11/h3-9H,1-2H3. The van der Waals surface area contributed by atoms with Gasteiger partial charge in [0.2, 0.25) is 0 Å². The SMILES string of the molecule is COc1ccc(-c2cccnc2)c(C(C)=O)c1. The number of methoxy groups -OCH3 is 1. The lowest BCUT2D eigenvalue weighted by molar-refractivity contribution is 0.101. The Kier molecular flexibility index (Phi) is 3.19. The molecule has 1 aromatic heterocycles. The van der Waals surface area contributed by atoms with Gasteiger partial charge in [0.05, 0.1) is 7.11 Å². The summed E-state index contributed by atoms with van der Waals surface area (Å²) in [6.07, 6.45) is 3.45. The molecule has 3 nitrogen and oxygen atoms in total. The highest BCUT2D eigenvalue weighted by molar-refractivity contribution is 6.01. The molecule has 0 atom stereocenters. The van der Waals surface area contributed by atoms with Crippen LogP contribution < -0.4 is 4.74 Å². The van der Waals surface area contributed by atoms with Gasteiger partial charge in [0, 0.05) is 23.5 Å². The van der Waals surface area contributed by atoms with E-state index in [9.17, 15) is 4.79 Å². The number of hydrogen-bond donors (Lipinski definition) is 0. The van der Waals surface area contributed by atoms with E-state index in [1.165, 1.54) is 0 Å². The topological polar surface area (TPSA) is 39.2 Å². The van der Waals surface area contributed by atoms with Crippen LogP contribution in [0, 0.1) is 0 Å². The molecule has 0 aliphatic heterocycles. The predicted octanol–water partition coefficient (Wildman–Crippen LogP) is 2.96. The summed E-state index contributed by atoms with van der Waals surface area (Å²) < 4.78 is 5.13. The number of pyridine rings is 1. The van der Waals surface area contributed by atoms with Crippen molar-refractivity contribution in [2.75, 3.05) is 7.11 Å². The third kappa shape index (κ3) is 2.33. The molecular weight excluding hydrogens is 214 g/mol. The fourth-order valence-electron chi connectivity index (χ4n) is 1.72. The zero-order valence-corrected chi connectivity index (χ0v) is 9.81. The van der Waals surface area contributed by atoms with Crippen LogP contribution in [-0.2, 0) is 0 Å². The predicted molar refractivity (Wildman–Crippen MR) is 66.2 cm³/mol. The molecule has 0 unspecified atom stereocenters. The summed E-state index contributed by atoms with van der Waals surface area (Å²) in [6.45, 7) is 1.55. The molecule has 0 bridgehead atoms. The van der Waals surface area contributed by atoms with Gasteiger partial charge in [0.15, 0.2) is 5.78 Å². The zero-order chi connectivity index (χ0) is 12.3. The van der Waals surface area contributed by atoms with Crippen molar-refractivity contribution in [2.45, 2.75) is 6.92 Å². The number of hydrogen-bond acceptors (Lipinski definition) is 3. The van der Waals surface area contributed by atoms with Gasteiger partial charge in [-0.3, -0.25) is 9.78 Å². The van der Waals surface area contributed by atoms with E-state index in [0.717, 1.165) is 11.1 Å². The molecular formula is C14H13NO2. The Balaban J connectivity index is 2.58. The van der Waals surface area contributed by atoms with Crippen LogP contribution >= 0.6 is 0 Å². The van der Waals surface area contributed by atoms with Gasteiger partial charge in [-0.25, -0.2) is 0 Å². The second kappa shape index (κ2) is 4.78. The van der Waals surface area contributed by atoms with E-state index in [-0.39, 0.29) is 5.78 Å². The first-order valence-electron chi connectivity index (χ1n) is 5.31. The van der Waals surface area contributed by atoms with E-state index in [1.54, 1.807) is 32.5 Å². The first-order valence-corrected chi connectivity index (χ1v) is 5.31. The first-order chi connectivity index (χ1) is 8.22. The van der Waals surface area contributed by atoms with Crippen molar-refractivity contribution in [3.8, 4) is 16.9 Å². The minimum atomic E-state index is 0.0164. The normalized spacial score (nSPS) is 10.0. The molecule has 0 saturated heterocycles. The lowest BCUT2D eigenvalue weighted by Crippen LogP contribution is -1.97. The van der Waals surface area contributed by atoms with Gasteiger partial charge in [0.1, 0.15) is 5.75 Å². The van der Waals surface area contributed by atoms with Crippen molar-refractivity contribution in [3.05, 3.63) is 48.3 Å². The molecule has 0 spiro atoms. The maximum atomic E-state index is 11.6. The average molecular weight is 227 g/mol. The monoisotopic (exact) mass is 227 g/mol. The third-order valence-corrected chi connectivity index (χ3v) is 2.58. The van der Waals surface area contributed by atoms with Crippen molar-refractivity contribution in [3.63, 3.8) is 0 Å². The zero-order valence-electron chi connectivity index (χ0n) is 9.81. The summed E-state index contributed by atoms with van der Waals surface area (Å²) in [7, 11) is 1.59. The summed E-state index contributed by atoms with van der Waals surface area (Å²) in [6, 6.07) is 9.26. The lowest BCUT2D eigenvalue weighted by Gasteiger charge is -2.08. The Labute approximate surface area is 100 Å². The first kappa shape index (κ1) is 11.3. The van der Waals surface area contributed by atoms with Gasteiger partial charge >= 0.3 is 0 Å². The number of rotatable bonds is 3. The molecule has 2 rings (SSSR count). The van der Waals surface area contributed by atoms with Crippen LogP contribution in [0.4, 0.5) is 0 Å². The summed E-state index contributed by atoms with van der Waals surface area (Å²) in [5.41, 5.74) is 2.46. The number of Topliss-reactive ketones (excluding diaryl/α,β-unsaturated/α-hetero) is 1. The molecule has 0 N–H and O–H groups in total. The van der Waals surface area contributed by atoms with Gasteiger partial charge in [0.25, 0.3) is 0 Å². The average Bonchev–Trinajstić information content (AvgIpc) is 2.39. The number of carbonyl (C=O) groups is 1. The number of ketones is 1. The highest BCUT2D eigenvalue weighted by atomic mass is 16.5. The van der Waals surface area contributed by atoms with Crippen molar-refractivity contribution in [1.82, 2.24) is 4.98 Å². The molecule has 3 heteroatoms. The molecule has 0 amide bonds. The lowest BCUT2D eigenvalue weighted by atomic mass is 9.98. The molecule has 2 aromatic rings. The maximum Gasteiger partial charge on any atom is 0.160 e. The van der Waals surface area contributed by atoms with E-state index in [4.69, 9.17) is 4.74 Å². The Morgan fingerprint density at radius 2 is 2.12 bits per heavy atom. The van der Waals surface area contributed by atoms with Crippen molar-refractivity contribution in [1.29, 1.82) is 0 Å². The molecule has 17 heavy (non-hydrogen) atoms. The summed E-state index contributed by atoms with van der Waals surface area (Å²) in [5, 5.41) is 0. The van der Waals surface area contributed by atoms with Gasteiger partial charge < -0.3 is 4.74 Å². The smallest absolute Gasteiger partial charge is 0.160 e. The number of benzene rings is 1. The Hall–Kier alpha value is -2.16. The number of ether oxygens (including phenoxy) is 1. The van der Waals surface area contributed by atoms with E-state index in [2.05, 4.69) is 4.98 Å². The summed E-state index contributed by atoms with van der Waals surface area (Å²) in [4.78, 5) is 15.7. The van der Waals surface area contributed by atoms with Crippen molar-refractivity contribution >= 4 is 5.78 Å². The van der Waals surface area contributed by atoms with E-state index in [1.807, 2.05) is 24.3 Å². The van der Waals surface area contributed by atoms with E-state index < -0.39 is 0 Å². The third-order valence-electron chi connectivity index (χ3n) is 2.58. The quantitative estimate of drug-likeness (QED) is 0.757. The maximum absolute atomic E-state index is 11.6. The Bertz CT molecular complexity index is 535. The number of nitrogens with zero attached hydrogens (tertiary/aromatic N) is 1. The molecule has 1 aromatic carbocycles. The second-order valence-electron chi connectivity index (χ2n) is 3.71. The van der Waals surface area contributed by atoms with Gasteiger partial charge in [-0.2, -0.15) is 0 Å². The molecule has 0 saturated carbocycles. The molecule has 1 heterocycles. The molecule has 0 fully saturated rings. The largest absolute Gasteiger partial charge is 0.497 e. The highest BCUT2D eigenvalue weighted by Gasteiger charge is 2.10. The van der Waals surface area contributed by atoms with Gasteiger partial charge in [-0.05, 0) is 36.8 Å². The number of aromatic nitrogens is 1. The van der Waals surface area contributed by atoms with Crippen LogP contribution in [0.25, 0.3) is 11.1 Å². The molecule has 0 aliphatic rings. The highest BCUT2D eigenvalue weighted by Crippen LogP contribution is 2.27. The van der Waals surface area contributed by atoms with Crippen LogP contribution in [0.3, 0.4) is 0 Å². The molecule has 86 valence electrons. The van der Waals surface area contributed by atoms with Crippen LogP contribution in [0.5, 0.6) is 5.75 Å².